The Hall–Kier alpha value is -1.23. The molecule has 0 atom stereocenters. The highest BCUT2D eigenvalue weighted by molar-refractivity contribution is 9.10. The van der Waals surface area contributed by atoms with E-state index in [0.717, 1.165) is 34.6 Å². The Morgan fingerprint density at radius 1 is 0.931 bits per heavy atom. The molecule has 0 spiro atoms. The summed E-state index contributed by atoms with van der Waals surface area (Å²) in [6.07, 6.45) is 7.88. The smallest absolute Gasteiger partial charge is 0.175 e. The van der Waals surface area contributed by atoms with Gasteiger partial charge in [0.15, 0.2) is 11.5 Å². The van der Waals surface area contributed by atoms with Gasteiger partial charge in [-0.15, -0.1) is 0 Å². The van der Waals surface area contributed by atoms with Gasteiger partial charge in [0.1, 0.15) is 6.61 Å². The van der Waals surface area contributed by atoms with E-state index >= 15 is 0 Å². The SMILES string of the molecule is CCCCCCCCNCc1cc(Br)c(OCc2cccc(Cl)c2)c(OCC)c1. The highest BCUT2D eigenvalue weighted by Crippen LogP contribution is 2.37. The van der Waals surface area contributed by atoms with E-state index in [1.54, 1.807) is 0 Å². The fourth-order valence-corrected chi connectivity index (χ4v) is 3.99. The van der Waals surface area contributed by atoms with Gasteiger partial charge in [0, 0.05) is 11.6 Å². The molecule has 1 N–H and O–H groups in total. The minimum atomic E-state index is 0.439. The number of hydrogen-bond donors (Lipinski definition) is 1. The lowest BCUT2D eigenvalue weighted by molar-refractivity contribution is 0.267. The Kier molecular flexibility index (Phi) is 11.5. The molecule has 0 unspecified atom stereocenters. The second kappa shape index (κ2) is 13.9. The highest BCUT2D eigenvalue weighted by atomic mass is 79.9. The molecule has 5 heteroatoms. The molecule has 2 aromatic carbocycles. The van der Waals surface area contributed by atoms with Crippen LogP contribution >= 0.6 is 27.5 Å². The van der Waals surface area contributed by atoms with Crippen LogP contribution in [0.4, 0.5) is 0 Å². The molecule has 160 valence electrons. The Balaban J connectivity index is 1.89. The van der Waals surface area contributed by atoms with E-state index < -0.39 is 0 Å². The van der Waals surface area contributed by atoms with Crippen molar-refractivity contribution in [1.82, 2.24) is 5.32 Å². The van der Waals surface area contributed by atoms with Crippen molar-refractivity contribution in [1.29, 1.82) is 0 Å². The van der Waals surface area contributed by atoms with Crippen molar-refractivity contribution < 1.29 is 9.47 Å². The van der Waals surface area contributed by atoms with Crippen LogP contribution in [0.15, 0.2) is 40.9 Å². The summed E-state index contributed by atoms with van der Waals surface area (Å²) in [7, 11) is 0. The van der Waals surface area contributed by atoms with Gasteiger partial charge in [0.2, 0.25) is 0 Å². The van der Waals surface area contributed by atoms with Crippen LogP contribution < -0.4 is 14.8 Å². The molecule has 0 amide bonds. The van der Waals surface area contributed by atoms with E-state index in [1.807, 2.05) is 31.2 Å². The first-order valence-corrected chi connectivity index (χ1v) is 11.8. The Morgan fingerprint density at radius 2 is 1.72 bits per heavy atom. The largest absolute Gasteiger partial charge is 0.490 e. The molecule has 3 nitrogen and oxygen atoms in total. The van der Waals surface area contributed by atoms with Crippen molar-refractivity contribution in [3.8, 4) is 11.5 Å². The monoisotopic (exact) mass is 481 g/mol. The van der Waals surface area contributed by atoms with E-state index in [0.29, 0.717) is 18.2 Å². The third-order valence-electron chi connectivity index (χ3n) is 4.68. The normalized spacial score (nSPS) is 10.9. The van der Waals surface area contributed by atoms with Gasteiger partial charge in [-0.1, -0.05) is 62.8 Å². The number of hydrogen-bond acceptors (Lipinski definition) is 3. The predicted molar refractivity (Wildman–Crippen MR) is 126 cm³/mol. The second-order valence-electron chi connectivity index (χ2n) is 7.20. The van der Waals surface area contributed by atoms with Gasteiger partial charge in [0.25, 0.3) is 0 Å². The summed E-state index contributed by atoms with van der Waals surface area (Å²) in [6.45, 7) is 7.13. The van der Waals surface area contributed by atoms with Crippen LogP contribution in [0.25, 0.3) is 0 Å². The molecule has 2 aromatic rings. The van der Waals surface area contributed by atoms with Crippen LogP contribution in [0, 0.1) is 0 Å². The van der Waals surface area contributed by atoms with Crippen LogP contribution in [0.1, 0.15) is 63.5 Å². The minimum Gasteiger partial charge on any atom is -0.490 e. The summed E-state index contributed by atoms with van der Waals surface area (Å²) >= 11 is 9.72. The van der Waals surface area contributed by atoms with E-state index in [1.165, 1.54) is 44.1 Å². The molecule has 0 aromatic heterocycles. The molecule has 0 saturated heterocycles. The molecule has 0 heterocycles. The molecule has 0 aliphatic carbocycles. The zero-order valence-electron chi connectivity index (χ0n) is 17.6. The summed E-state index contributed by atoms with van der Waals surface area (Å²) in [5.74, 6) is 1.49. The van der Waals surface area contributed by atoms with Crippen molar-refractivity contribution in [2.45, 2.75) is 65.5 Å². The Morgan fingerprint density at radius 3 is 2.48 bits per heavy atom. The van der Waals surface area contributed by atoms with Crippen LogP contribution in [0.2, 0.25) is 5.02 Å². The van der Waals surface area contributed by atoms with Crippen LogP contribution in [-0.4, -0.2) is 13.2 Å². The van der Waals surface area contributed by atoms with Gasteiger partial charge in [-0.2, -0.15) is 0 Å². The number of benzene rings is 2. The Bertz CT molecular complexity index is 739. The third kappa shape index (κ3) is 8.98. The lowest BCUT2D eigenvalue weighted by Gasteiger charge is -2.16. The molecule has 0 aliphatic heterocycles. The average molecular weight is 483 g/mol. The van der Waals surface area contributed by atoms with Gasteiger partial charge in [-0.25, -0.2) is 0 Å². The quantitative estimate of drug-likeness (QED) is 0.282. The lowest BCUT2D eigenvalue weighted by Crippen LogP contribution is -2.15. The van der Waals surface area contributed by atoms with Crippen molar-refractivity contribution >= 4 is 27.5 Å². The number of unbranched alkanes of at least 4 members (excludes halogenated alkanes) is 5. The van der Waals surface area contributed by atoms with Crippen molar-refractivity contribution in [3.63, 3.8) is 0 Å². The van der Waals surface area contributed by atoms with Crippen molar-refractivity contribution in [3.05, 3.63) is 57.0 Å². The maximum atomic E-state index is 6.07. The zero-order chi connectivity index (χ0) is 20.9. The fraction of sp³-hybridized carbons (Fsp3) is 0.500. The maximum Gasteiger partial charge on any atom is 0.175 e. The molecular weight excluding hydrogens is 450 g/mol. The maximum absolute atomic E-state index is 6.07. The van der Waals surface area contributed by atoms with Crippen molar-refractivity contribution in [2.75, 3.05) is 13.2 Å². The molecule has 0 bridgehead atoms. The minimum absolute atomic E-state index is 0.439. The summed E-state index contributed by atoms with van der Waals surface area (Å²) in [6, 6.07) is 11.9. The number of nitrogens with one attached hydrogen (secondary N) is 1. The summed E-state index contributed by atoms with van der Waals surface area (Å²) in [4.78, 5) is 0. The molecule has 0 radical (unpaired) electrons. The van der Waals surface area contributed by atoms with E-state index in [4.69, 9.17) is 21.1 Å². The van der Waals surface area contributed by atoms with Crippen LogP contribution in [-0.2, 0) is 13.2 Å². The van der Waals surface area contributed by atoms with Gasteiger partial charge in [-0.05, 0) is 71.2 Å². The zero-order valence-corrected chi connectivity index (χ0v) is 19.9. The molecule has 0 fully saturated rings. The highest BCUT2D eigenvalue weighted by Gasteiger charge is 2.13. The third-order valence-corrected chi connectivity index (χ3v) is 5.50. The van der Waals surface area contributed by atoms with Crippen LogP contribution in [0.5, 0.6) is 11.5 Å². The van der Waals surface area contributed by atoms with E-state index in [9.17, 15) is 0 Å². The number of rotatable bonds is 14. The van der Waals surface area contributed by atoms with E-state index in [-0.39, 0.29) is 0 Å². The summed E-state index contributed by atoms with van der Waals surface area (Å²) < 4.78 is 12.8. The number of ether oxygens (including phenoxy) is 2. The second-order valence-corrected chi connectivity index (χ2v) is 8.49. The molecule has 2 rings (SSSR count). The van der Waals surface area contributed by atoms with Crippen molar-refractivity contribution in [2.24, 2.45) is 0 Å². The lowest BCUT2D eigenvalue weighted by atomic mass is 10.1. The molecule has 0 saturated carbocycles. The first-order valence-electron chi connectivity index (χ1n) is 10.7. The Labute approximate surface area is 189 Å². The van der Waals surface area contributed by atoms with Gasteiger partial charge >= 0.3 is 0 Å². The average Bonchev–Trinajstić information content (AvgIpc) is 2.70. The van der Waals surface area contributed by atoms with Gasteiger partial charge in [-0.3, -0.25) is 0 Å². The summed E-state index contributed by atoms with van der Waals surface area (Å²) in [5, 5.41) is 4.25. The topological polar surface area (TPSA) is 30.5 Å². The molecular formula is C24H33BrClNO2. The standard InChI is InChI=1S/C24H33BrClNO2/c1-3-5-6-7-8-9-13-27-17-20-15-22(25)24(23(16-20)28-4-2)29-18-19-11-10-12-21(26)14-19/h10-12,14-16,27H,3-9,13,17-18H2,1-2H3. The number of halogens is 2. The van der Waals surface area contributed by atoms with Gasteiger partial charge in [0.05, 0.1) is 11.1 Å². The van der Waals surface area contributed by atoms with Gasteiger partial charge < -0.3 is 14.8 Å². The summed E-state index contributed by atoms with van der Waals surface area (Å²) in [5.41, 5.74) is 2.21. The van der Waals surface area contributed by atoms with Crippen LogP contribution in [0.3, 0.4) is 0 Å². The molecule has 29 heavy (non-hydrogen) atoms. The first kappa shape index (κ1) is 24.0. The predicted octanol–water partition coefficient (Wildman–Crippen LogP) is 7.53. The fourth-order valence-electron chi connectivity index (χ4n) is 3.17. The first-order chi connectivity index (χ1) is 14.1. The molecule has 0 aliphatic rings. The van der Waals surface area contributed by atoms with E-state index in [2.05, 4.69) is 40.3 Å².